The molecule has 90 valence electrons. The second-order valence-electron chi connectivity index (χ2n) is 4.11. The van der Waals surface area contributed by atoms with E-state index in [-0.39, 0.29) is 0 Å². The second-order valence-corrected chi connectivity index (χ2v) is 4.11. The van der Waals surface area contributed by atoms with Crippen LogP contribution in [0.15, 0.2) is 36.5 Å². The second kappa shape index (κ2) is 7.42. The van der Waals surface area contributed by atoms with Crippen LogP contribution in [0.1, 0.15) is 20.3 Å². The molecule has 2 nitrogen and oxygen atoms in total. The van der Waals surface area contributed by atoms with Crippen LogP contribution < -0.4 is 0 Å². The molecule has 0 saturated carbocycles. The van der Waals surface area contributed by atoms with Crippen molar-refractivity contribution in [1.29, 1.82) is 0 Å². The molecule has 1 atom stereocenters. The number of morpholine rings is 1. The first-order chi connectivity index (χ1) is 7.80. The highest BCUT2D eigenvalue weighted by Crippen LogP contribution is 2.11. The molecule has 0 N–H and O–H groups in total. The van der Waals surface area contributed by atoms with Crippen LogP contribution in [0.25, 0.3) is 0 Å². The summed E-state index contributed by atoms with van der Waals surface area (Å²) in [5.41, 5.74) is 1.31. The van der Waals surface area contributed by atoms with Crippen LogP contribution in [0.2, 0.25) is 0 Å². The van der Waals surface area contributed by atoms with Gasteiger partial charge in [0.1, 0.15) is 0 Å². The van der Waals surface area contributed by atoms with E-state index in [1.165, 1.54) is 5.57 Å². The van der Waals surface area contributed by atoms with Crippen molar-refractivity contribution >= 4 is 0 Å². The van der Waals surface area contributed by atoms with Crippen LogP contribution >= 0.6 is 0 Å². The molecule has 0 aromatic heterocycles. The molecule has 1 saturated heterocycles. The van der Waals surface area contributed by atoms with Crippen LogP contribution in [0.4, 0.5) is 0 Å². The van der Waals surface area contributed by atoms with Crippen molar-refractivity contribution in [3.8, 4) is 0 Å². The summed E-state index contributed by atoms with van der Waals surface area (Å²) >= 11 is 0. The monoisotopic (exact) mass is 221 g/mol. The molecule has 0 spiro atoms. The van der Waals surface area contributed by atoms with Gasteiger partial charge in [0, 0.05) is 19.6 Å². The van der Waals surface area contributed by atoms with Gasteiger partial charge < -0.3 is 4.74 Å². The van der Waals surface area contributed by atoms with E-state index in [1.807, 2.05) is 13.0 Å². The van der Waals surface area contributed by atoms with Crippen LogP contribution in [0, 0.1) is 0 Å². The van der Waals surface area contributed by atoms with Crippen LogP contribution in [0.3, 0.4) is 0 Å². The van der Waals surface area contributed by atoms with E-state index in [2.05, 4.69) is 36.6 Å². The van der Waals surface area contributed by atoms with Crippen molar-refractivity contribution in [2.24, 2.45) is 0 Å². The van der Waals surface area contributed by atoms with E-state index in [1.54, 1.807) is 0 Å². The highest BCUT2D eigenvalue weighted by Gasteiger charge is 2.18. The Bertz CT molecular complexity index is 268. The fraction of sp³-hybridized carbons (Fsp3) is 0.571. The van der Waals surface area contributed by atoms with Crippen molar-refractivity contribution in [2.75, 3.05) is 26.2 Å². The SMILES string of the molecule is C=C/C=C(\C=C/C)CN1CCOC(CC)C1. The molecular weight excluding hydrogens is 198 g/mol. The molecule has 0 radical (unpaired) electrons. The van der Waals surface area contributed by atoms with Gasteiger partial charge in [0.15, 0.2) is 0 Å². The van der Waals surface area contributed by atoms with Crippen molar-refractivity contribution in [1.82, 2.24) is 4.90 Å². The molecule has 2 heteroatoms. The van der Waals surface area contributed by atoms with E-state index in [4.69, 9.17) is 4.74 Å². The zero-order valence-electron chi connectivity index (χ0n) is 10.5. The molecule has 1 rings (SSSR count). The molecular formula is C14H23NO. The molecule has 1 aliphatic rings. The summed E-state index contributed by atoms with van der Waals surface area (Å²) in [6.45, 7) is 11.9. The largest absolute Gasteiger partial charge is 0.376 e. The zero-order chi connectivity index (χ0) is 11.8. The topological polar surface area (TPSA) is 12.5 Å². The fourth-order valence-electron chi connectivity index (χ4n) is 1.96. The van der Waals surface area contributed by atoms with Gasteiger partial charge in [0.05, 0.1) is 12.7 Å². The average molecular weight is 221 g/mol. The van der Waals surface area contributed by atoms with Gasteiger partial charge in [0.25, 0.3) is 0 Å². The highest BCUT2D eigenvalue weighted by molar-refractivity contribution is 5.24. The third-order valence-corrected chi connectivity index (χ3v) is 2.80. The lowest BCUT2D eigenvalue weighted by Crippen LogP contribution is -2.42. The highest BCUT2D eigenvalue weighted by atomic mass is 16.5. The van der Waals surface area contributed by atoms with Gasteiger partial charge in [-0.1, -0.05) is 37.8 Å². The number of allylic oxidation sites excluding steroid dienone is 3. The van der Waals surface area contributed by atoms with E-state index in [0.717, 1.165) is 32.7 Å². The zero-order valence-corrected chi connectivity index (χ0v) is 10.5. The normalized spacial score (nSPS) is 23.9. The summed E-state index contributed by atoms with van der Waals surface area (Å²) in [6.07, 6.45) is 9.67. The van der Waals surface area contributed by atoms with Gasteiger partial charge in [-0.2, -0.15) is 0 Å². The Hall–Kier alpha value is -0.860. The van der Waals surface area contributed by atoms with Gasteiger partial charge >= 0.3 is 0 Å². The summed E-state index contributed by atoms with van der Waals surface area (Å²) < 4.78 is 5.66. The summed E-state index contributed by atoms with van der Waals surface area (Å²) in [6, 6.07) is 0. The summed E-state index contributed by atoms with van der Waals surface area (Å²) in [4.78, 5) is 2.45. The summed E-state index contributed by atoms with van der Waals surface area (Å²) in [7, 11) is 0. The molecule has 1 heterocycles. The first-order valence-electron chi connectivity index (χ1n) is 6.08. The molecule has 0 amide bonds. The Morgan fingerprint density at radius 3 is 3.00 bits per heavy atom. The van der Waals surface area contributed by atoms with Crippen LogP contribution in [0.5, 0.6) is 0 Å². The Kier molecular flexibility index (Phi) is 6.12. The maximum Gasteiger partial charge on any atom is 0.0700 e. The lowest BCUT2D eigenvalue weighted by Gasteiger charge is -2.32. The molecule has 1 fully saturated rings. The Morgan fingerprint density at radius 1 is 1.56 bits per heavy atom. The van der Waals surface area contributed by atoms with E-state index < -0.39 is 0 Å². The molecule has 1 unspecified atom stereocenters. The first kappa shape index (κ1) is 13.2. The molecule has 1 aliphatic heterocycles. The third kappa shape index (κ3) is 4.33. The Labute approximate surface area is 99.3 Å². The van der Waals surface area contributed by atoms with Crippen molar-refractivity contribution in [2.45, 2.75) is 26.4 Å². The molecule has 0 bridgehead atoms. The number of rotatable bonds is 5. The smallest absolute Gasteiger partial charge is 0.0700 e. The minimum absolute atomic E-state index is 0.407. The maximum absolute atomic E-state index is 5.66. The average Bonchev–Trinajstić information content (AvgIpc) is 2.30. The molecule has 16 heavy (non-hydrogen) atoms. The minimum atomic E-state index is 0.407. The predicted molar refractivity (Wildman–Crippen MR) is 69.6 cm³/mol. The molecule has 0 aromatic carbocycles. The number of ether oxygens (including phenoxy) is 1. The van der Waals surface area contributed by atoms with Crippen LogP contribution in [-0.4, -0.2) is 37.2 Å². The van der Waals surface area contributed by atoms with E-state index >= 15 is 0 Å². The summed E-state index contributed by atoms with van der Waals surface area (Å²) in [5, 5.41) is 0. The number of hydrogen-bond donors (Lipinski definition) is 0. The quantitative estimate of drug-likeness (QED) is 0.662. The third-order valence-electron chi connectivity index (χ3n) is 2.80. The lowest BCUT2D eigenvalue weighted by atomic mass is 10.1. The first-order valence-corrected chi connectivity index (χ1v) is 6.08. The standard InChI is InChI=1S/C14H23NO/c1-4-7-13(8-5-2)11-15-9-10-16-14(6-3)12-15/h4-5,7-8,14H,1,6,9-12H2,2-3H3/b8-5-,13-7+. The minimum Gasteiger partial charge on any atom is -0.376 e. The van der Waals surface area contributed by atoms with Gasteiger partial charge in [-0.15, -0.1) is 0 Å². The van der Waals surface area contributed by atoms with Crippen molar-refractivity contribution in [3.63, 3.8) is 0 Å². The van der Waals surface area contributed by atoms with Crippen molar-refractivity contribution in [3.05, 3.63) is 36.5 Å². The fourth-order valence-corrected chi connectivity index (χ4v) is 1.96. The van der Waals surface area contributed by atoms with Crippen molar-refractivity contribution < 1.29 is 4.74 Å². The van der Waals surface area contributed by atoms with Gasteiger partial charge in [0.2, 0.25) is 0 Å². The predicted octanol–water partition coefficient (Wildman–Crippen LogP) is 2.79. The van der Waals surface area contributed by atoms with E-state index in [0.29, 0.717) is 6.10 Å². The Morgan fingerprint density at radius 2 is 2.38 bits per heavy atom. The van der Waals surface area contributed by atoms with E-state index in [9.17, 15) is 0 Å². The molecule has 0 aliphatic carbocycles. The van der Waals surface area contributed by atoms with Gasteiger partial charge in [-0.05, 0) is 18.9 Å². The summed E-state index contributed by atoms with van der Waals surface area (Å²) in [5.74, 6) is 0. The van der Waals surface area contributed by atoms with Crippen LogP contribution in [-0.2, 0) is 4.74 Å². The maximum atomic E-state index is 5.66. The van der Waals surface area contributed by atoms with Gasteiger partial charge in [-0.3, -0.25) is 4.90 Å². The lowest BCUT2D eigenvalue weighted by molar-refractivity contribution is -0.0262. The number of hydrogen-bond acceptors (Lipinski definition) is 2. The molecule has 0 aromatic rings. The van der Waals surface area contributed by atoms with Gasteiger partial charge in [-0.25, -0.2) is 0 Å². The Balaban J connectivity index is 2.50. The number of nitrogens with zero attached hydrogens (tertiary/aromatic N) is 1.